The van der Waals surface area contributed by atoms with Crippen LogP contribution >= 0.6 is 0 Å². The minimum atomic E-state index is -0.639. The molecule has 2 N–H and O–H groups in total. The van der Waals surface area contributed by atoms with Gasteiger partial charge in [-0.15, -0.1) is 0 Å². The van der Waals surface area contributed by atoms with E-state index in [1.165, 1.54) is 0 Å². The minimum Gasteiger partial charge on any atom is -0.493 e. The van der Waals surface area contributed by atoms with E-state index in [-0.39, 0.29) is 0 Å². The molecule has 5 nitrogen and oxygen atoms in total. The highest BCUT2D eigenvalue weighted by atomic mass is 16.5. The van der Waals surface area contributed by atoms with Crippen molar-refractivity contribution in [2.45, 2.75) is 38.6 Å². The number of methoxy groups -OCH3 is 1. The van der Waals surface area contributed by atoms with Crippen LogP contribution < -0.4 is 15.2 Å². The standard InChI is InChI=1S/C24H25N3O2/c1-4-16-11-17-5-6-20(12-21(17)27-23(16)28-3)24(2,26)13-19-10-15(14-25)9-18-7-8-29-22(18)19/h5-6,9-12H,4,7-8,13,26H2,1-3H3. The van der Waals surface area contributed by atoms with Gasteiger partial charge in [0.25, 0.3) is 0 Å². The van der Waals surface area contributed by atoms with E-state index in [0.717, 1.165) is 51.7 Å². The highest BCUT2D eigenvalue weighted by molar-refractivity contribution is 5.81. The lowest BCUT2D eigenvalue weighted by molar-refractivity contribution is 0.349. The molecule has 4 rings (SSSR count). The maximum atomic E-state index is 9.38. The van der Waals surface area contributed by atoms with Crippen molar-refractivity contribution in [1.82, 2.24) is 4.98 Å². The van der Waals surface area contributed by atoms with Gasteiger partial charge in [0.2, 0.25) is 5.88 Å². The van der Waals surface area contributed by atoms with Crippen LogP contribution in [-0.4, -0.2) is 18.7 Å². The van der Waals surface area contributed by atoms with Crippen molar-refractivity contribution in [1.29, 1.82) is 5.26 Å². The van der Waals surface area contributed by atoms with Gasteiger partial charge in [-0.2, -0.15) is 5.26 Å². The Bertz CT molecular complexity index is 1130. The molecular formula is C24H25N3O2. The normalized spacial score (nSPS) is 14.7. The number of ether oxygens (including phenoxy) is 2. The molecule has 1 unspecified atom stereocenters. The molecule has 0 saturated heterocycles. The molecule has 0 fully saturated rings. The Balaban J connectivity index is 1.73. The lowest BCUT2D eigenvalue weighted by atomic mass is 9.84. The summed E-state index contributed by atoms with van der Waals surface area (Å²) in [5.41, 5.74) is 11.8. The van der Waals surface area contributed by atoms with E-state index in [1.807, 2.05) is 25.1 Å². The van der Waals surface area contributed by atoms with Gasteiger partial charge in [0.15, 0.2) is 0 Å². The molecule has 5 heteroatoms. The molecule has 0 radical (unpaired) electrons. The second-order valence-corrected chi connectivity index (χ2v) is 7.85. The van der Waals surface area contributed by atoms with E-state index in [9.17, 15) is 5.26 Å². The van der Waals surface area contributed by atoms with E-state index in [2.05, 4.69) is 36.2 Å². The third kappa shape index (κ3) is 3.52. The topological polar surface area (TPSA) is 81.2 Å². The number of hydrogen-bond donors (Lipinski definition) is 1. The summed E-state index contributed by atoms with van der Waals surface area (Å²) < 4.78 is 11.3. The molecule has 1 aliphatic rings. The summed E-state index contributed by atoms with van der Waals surface area (Å²) in [7, 11) is 1.65. The molecule has 2 heterocycles. The monoisotopic (exact) mass is 387 g/mol. The molecule has 1 atom stereocenters. The van der Waals surface area contributed by atoms with Gasteiger partial charge in [0.05, 0.1) is 30.9 Å². The number of aryl methyl sites for hydroxylation is 1. The molecule has 29 heavy (non-hydrogen) atoms. The van der Waals surface area contributed by atoms with Crippen molar-refractivity contribution in [2.24, 2.45) is 5.73 Å². The fourth-order valence-corrected chi connectivity index (χ4v) is 4.06. The maximum absolute atomic E-state index is 9.38. The van der Waals surface area contributed by atoms with Gasteiger partial charge in [-0.1, -0.05) is 19.1 Å². The molecule has 0 spiro atoms. The summed E-state index contributed by atoms with van der Waals surface area (Å²) in [6, 6.07) is 14.3. The summed E-state index contributed by atoms with van der Waals surface area (Å²) in [5.74, 6) is 1.54. The zero-order valence-corrected chi connectivity index (χ0v) is 17.1. The molecule has 0 amide bonds. The van der Waals surface area contributed by atoms with Gasteiger partial charge in [0, 0.05) is 22.9 Å². The number of nitrogens with two attached hydrogens (primary N) is 1. The quantitative estimate of drug-likeness (QED) is 0.715. The van der Waals surface area contributed by atoms with Crippen molar-refractivity contribution >= 4 is 10.9 Å². The largest absolute Gasteiger partial charge is 0.493 e. The first-order chi connectivity index (χ1) is 13.9. The zero-order valence-electron chi connectivity index (χ0n) is 17.1. The number of nitriles is 1. The SMILES string of the molecule is CCc1cc2ccc(C(C)(N)Cc3cc(C#N)cc4c3OCC4)cc2nc1OC. The highest BCUT2D eigenvalue weighted by Crippen LogP contribution is 2.36. The first-order valence-electron chi connectivity index (χ1n) is 9.91. The minimum absolute atomic E-state index is 0.570. The predicted octanol–water partition coefficient (Wildman–Crippen LogP) is 4.03. The molecule has 1 aromatic heterocycles. The number of benzene rings is 2. The number of fused-ring (bicyclic) bond motifs is 2. The Morgan fingerprint density at radius 3 is 2.79 bits per heavy atom. The lowest BCUT2D eigenvalue weighted by Gasteiger charge is -2.27. The van der Waals surface area contributed by atoms with E-state index in [0.29, 0.717) is 24.5 Å². The summed E-state index contributed by atoms with van der Waals surface area (Å²) in [4.78, 5) is 4.69. The van der Waals surface area contributed by atoms with Crippen molar-refractivity contribution in [2.75, 3.05) is 13.7 Å². The van der Waals surface area contributed by atoms with E-state index >= 15 is 0 Å². The Kier molecular flexibility index (Phi) is 4.89. The van der Waals surface area contributed by atoms with Crippen molar-refractivity contribution in [3.8, 4) is 17.7 Å². The Hall–Kier alpha value is -3.10. The molecule has 0 aliphatic carbocycles. The Morgan fingerprint density at radius 1 is 1.24 bits per heavy atom. The number of pyridine rings is 1. The van der Waals surface area contributed by atoms with Crippen LogP contribution in [0.4, 0.5) is 0 Å². The Labute approximate surface area is 171 Å². The van der Waals surface area contributed by atoms with Crippen LogP contribution in [0.25, 0.3) is 10.9 Å². The maximum Gasteiger partial charge on any atom is 0.216 e. The first kappa shape index (κ1) is 19.2. The first-order valence-corrected chi connectivity index (χ1v) is 9.91. The average Bonchev–Trinajstić information content (AvgIpc) is 3.20. The molecular weight excluding hydrogens is 362 g/mol. The van der Waals surface area contributed by atoms with Gasteiger partial charge in [-0.05, 0) is 60.7 Å². The smallest absolute Gasteiger partial charge is 0.216 e. The summed E-state index contributed by atoms with van der Waals surface area (Å²) in [5, 5.41) is 10.4. The molecule has 1 aliphatic heterocycles. The number of nitrogens with zero attached hydrogens (tertiary/aromatic N) is 2. The zero-order chi connectivity index (χ0) is 20.6. The summed E-state index contributed by atoms with van der Waals surface area (Å²) in [6.07, 6.45) is 2.27. The average molecular weight is 387 g/mol. The van der Waals surface area contributed by atoms with Crippen molar-refractivity contribution in [3.63, 3.8) is 0 Å². The van der Waals surface area contributed by atoms with E-state index in [1.54, 1.807) is 7.11 Å². The van der Waals surface area contributed by atoms with Crippen molar-refractivity contribution < 1.29 is 9.47 Å². The molecule has 0 bridgehead atoms. The van der Waals surface area contributed by atoms with Crippen LogP contribution in [-0.2, 0) is 24.8 Å². The van der Waals surface area contributed by atoms with Crippen LogP contribution in [0.15, 0.2) is 36.4 Å². The molecule has 0 saturated carbocycles. The molecule has 148 valence electrons. The second kappa shape index (κ2) is 7.38. The van der Waals surface area contributed by atoms with Gasteiger partial charge in [-0.3, -0.25) is 0 Å². The van der Waals surface area contributed by atoms with Gasteiger partial charge in [-0.25, -0.2) is 4.98 Å². The van der Waals surface area contributed by atoms with Crippen LogP contribution in [0.3, 0.4) is 0 Å². The second-order valence-electron chi connectivity index (χ2n) is 7.85. The van der Waals surface area contributed by atoms with E-state index < -0.39 is 5.54 Å². The van der Waals surface area contributed by atoms with Crippen molar-refractivity contribution in [3.05, 3.63) is 64.2 Å². The summed E-state index contributed by atoms with van der Waals surface area (Å²) >= 11 is 0. The Morgan fingerprint density at radius 2 is 2.07 bits per heavy atom. The predicted molar refractivity (Wildman–Crippen MR) is 113 cm³/mol. The van der Waals surface area contributed by atoms with Crippen LogP contribution in [0.2, 0.25) is 0 Å². The lowest BCUT2D eigenvalue weighted by Crippen LogP contribution is -2.35. The third-order valence-electron chi connectivity index (χ3n) is 5.64. The van der Waals surface area contributed by atoms with Crippen LogP contribution in [0.1, 0.15) is 41.7 Å². The number of rotatable bonds is 5. The van der Waals surface area contributed by atoms with Gasteiger partial charge >= 0.3 is 0 Å². The summed E-state index contributed by atoms with van der Waals surface area (Å²) in [6.45, 7) is 4.75. The van der Waals surface area contributed by atoms with Gasteiger partial charge in [0.1, 0.15) is 5.75 Å². The van der Waals surface area contributed by atoms with Crippen LogP contribution in [0.5, 0.6) is 11.6 Å². The third-order valence-corrected chi connectivity index (χ3v) is 5.64. The molecule has 2 aromatic carbocycles. The highest BCUT2D eigenvalue weighted by Gasteiger charge is 2.27. The fraction of sp³-hybridized carbons (Fsp3) is 0.333. The molecule has 3 aromatic rings. The van der Waals surface area contributed by atoms with Gasteiger partial charge < -0.3 is 15.2 Å². The number of hydrogen-bond acceptors (Lipinski definition) is 5. The van der Waals surface area contributed by atoms with Crippen LogP contribution in [0, 0.1) is 11.3 Å². The number of aromatic nitrogens is 1. The fourth-order valence-electron chi connectivity index (χ4n) is 4.06. The van der Waals surface area contributed by atoms with E-state index in [4.69, 9.17) is 15.2 Å².